The molecule has 2 saturated heterocycles. The number of H-pyrrole nitrogens is 1. The molecular formula is C24H21N6O6PS. The minimum atomic E-state index is -2.12. The maximum absolute atomic E-state index is 13.6. The lowest BCUT2D eigenvalue weighted by atomic mass is 10.1. The molecule has 14 heteroatoms. The number of aromatic amines is 1. The van der Waals surface area contributed by atoms with Crippen molar-refractivity contribution in [2.24, 2.45) is 0 Å². The summed E-state index contributed by atoms with van der Waals surface area (Å²) in [5.74, 6) is 0.307. The Morgan fingerprint density at radius 2 is 1.92 bits per heavy atom. The molecule has 0 bridgehead atoms. The SMILES string of the molecule is Nc1ccccc1Sc1nc2c(=O)n3cc(-c4ccccc4)[nH]c3nc2n1[C@@H]1OC2CO[P@@](O)O[C@H]2[C@@H]1O. The molecule has 0 radical (unpaired) electrons. The fourth-order valence-corrected chi connectivity index (χ4v) is 6.47. The third-order valence-corrected chi connectivity index (χ3v) is 8.41. The first-order chi connectivity index (χ1) is 18.5. The third kappa shape index (κ3) is 3.83. The molecule has 5 heterocycles. The highest BCUT2D eigenvalue weighted by atomic mass is 32.2. The molecule has 5 N–H and O–H groups in total. The zero-order chi connectivity index (χ0) is 26.0. The number of aromatic nitrogens is 5. The number of nitrogens with zero attached hydrogens (tertiary/aromatic N) is 4. The number of nitrogens with two attached hydrogens (primary N) is 1. The van der Waals surface area contributed by atoms with Gasteiger partial charge in [-0.2, -0.15) is 4.98 Å². The van der Waals surface area contributed by atoms with Gasteiger partial charge in [0.2, 0.25) is 5.78 Å². The lowest BCUT2D eigenvalue weighted by Gasteiger charge is -2.27. The molecule has 38 heavy (non-hydrogen) atoms. The fraction of sp³-hybridized carbons (Fsp3) is 0.208. The van der Waals surface area contributed by atoms with Gasteiger partial charge < -0.3 is 34.5 Å². The summed E-state index contributed by atoms with van der Waals surface area (Å²) in [7, 11) is -2.12. The van der Waals surface area contributed by atoms with Gasteiger partial charge in [-0.15, -0.1) is 0 Å². The highest BCUT2D eigenvalue weighted by Crippen LogP contribution is 2.47. The molecule has 2 aromatic carbocycles. The van der Waals surface area contributed by atoms with Crippen LogP contribution in [-0.2, 0) is 13.8 Å². The summed E-state index contributed by atoms with van der Waals surface area (Å²) in [6, 6.07) is 16.8. The first-order valence-electron chi connectivity index (χ1n) is 11.7. The first kappa shape index (κ1) is 23.8. The highest BCUT2D eigenvalue weighted by Gasteiger charge is 2.50. The Kier molecular flexibility index (Phi) is 5.74. The van der Waals surface area contributed by atoms with Crippen LogP contribution in [0.4, 0.5) is 5.69 Å². The minimum absolute atomic E-state index is 0.0541. The van der Waals surface area contributed by atoms with E-state index < -0.39 is 33.1 Å². The van der Waals surface area contributed by atoms with Crippen LogP contribution in [0.5, 0.6) is 0 Å². The number of fused-ring (bicyclic) bond motifs is 3. The summed E-state index contributed by atoms with van der Waals surface area (Å²) in [4.78, 5) is 36.8. The molecule has 2 fully saturated rings. The van der Waals surface area contributed by atoms with Crippen molar-refractivity contribution in [1.82, 2.24) is 23.9 Å². The Bertz CT molecular complexity index is 1720. The van der Waals surface area contributed by atoms with E-state index in [2.05, 4.69) is 9.97 Å². The smallest absolute Gasteiger partial charge is 0.330 e. The van der Waals surface area contributed by atoms with E-state index in [1.807, 2.05) is 48.5 Å². The minimum Gasteiger partial charge on any atom is -0.398 e. The molecule has 194 valence electrons. The van der Waals surface area contributed by atoms with Crippen LogP contribution in [0.3, 0.4) is 0 Å². The van der Waals surface area contributed by atoms with Crippen molar-refractivity contribution >= 4 is 43.0 Å². The average molecular weight is 553 g/mol. The molecule has 0 amide bonds. The van der Waals surface area contributed by atoms with Crippen molar-refractivity contribution < 1.29 is 23.8 Å². The van der Waals surface area contributed by atoms with E-state index in [1.165, 1.54) is 16.2 Å². The topological polar surface area (TPSA) is 162 Å². The van der Waals surface area contributed by atoms with Gasteiger partial charge in [-0.3, -0.25) is 9.36 Å². The zero-order valence-corrected chi connectivity index (χ0v) is 21.3. The summed E-state index contributed by atoms with van der Waals surface area (Å²) >= 11 is 1.23. The van der Waals surface area contributed by atoms with Crippen LogP contribution in [-0.4, -0.2) is 58.8 Å². The van der Waals surface area contributed by atoms with Gasteiger partial charge >= 0.3 is 8.60 Å². The number of aliphatic hydroxyl groups is 1. The number of benzene rings is 2. The largest absolute Gasteiger partial charge is 0.398 e. The third-order valence-electron chi connectivity index (χ3n) is 6.55. The van der Waals surface area contributed by atoms with Crippen LogP contribution in [0.15, 0.2) is 75.6 Å². The van der Waals surface area contributed by atoms with Crippen LogP contribution in [0.2, 0.25) is 0 Å². The number of para-hydroxylation sites is 1. The van der Waals surface area contributed by atoms with Gasteiger partial charge in [-0.25, -0.2) is 9.38 Å². The predicted octanol–water partition coefficient (Wildman–Crippen LogP) is 2.67. The van der Waals surface area contributed by atoms with Gasteiger partial charge in [0.1, 0.15) is 18.3 Å². The van der Waals surface area contributed by atoms with E-state index in [0.29, 0.717) is 27.2 Å². The highest BCUT2D eigenvalue weighted by molar-refractivity contribution is 7.99. The van der Waals surface area contributed by atoms with Gasteiger partial charge in [0.05, 0.1) is 12.3 Å². The number of ether oxygens (including phenoxy) is 1. The molecule has 0 spiro atoms. The molecule has 1 unspecified atom stereocenters. The Morgan fingerprint density at radius 1 is 1.13 bits per heavy atom. The normalized spacial score (nSPS) is 25.3. The Labute approximate surface area is 220 Å². The summed E-state index contributed by atoms with van der Waals surface area (Å²) < 4.78 is 19.8. The Balaban J connectivity index is 1.41. The molecule has 12 nitrogen and oxygen atoms in total. The maximum Gasteiger partial charge on any atom is 0.330 e. The van der Waals surface area contributed by atoms with Gasteiger partial charge in [0.25, 0.3) is 5.56 Å². The van der Waals surface area contributed by atoms with E-state index >= 15 is 0 Å². The van der Waals surface area contributed by atoms with Gasteiger partial charge in [-0.05, 0) is 29.5 Å². The van der Waals surface area contributed by atoms with Crippen LogP contribution < -0.4 is 11.3 Å². The number of hydrogen-bond acceptors (Lipinski definition) is 10. The van der Waals surface area contributed by atoms with Crippen molar-refractivity contribution in [2.45, 2.75) is 34.6 Å². The van der Waals surface area contributed by atoms with Crippen LogP contribution in [0.25, 0.3) is 28.2 Å². The Hall–Kier alpha value is -3.29. The van der Waals surface area contributed by atoms with Gasteiger partial charge in [-0.1, -0.05) is 42.5 Å². The predicted molar refractivity (Wildman–Crippen MR) is 139 cm³/mol. The van der Waals surface area contributed by atoms with Crippen molar-refractivity contribution in [3.8, 4) is 11.3 Å². The molecule has 2 aliphatic heterocycles. The van der Waals surface area contributed by atoms with Crippen LogP contribution >= 0.6 is 20.4 Å². The number of nitrogen functional groups attached to an aromatic ring is 1. The van der Waals surface area contributed by atoms with Crippen LogP contribution in [0.1, 0.15) is 6.23 Å². The van der Waals surface area contributed by atoms with Crippen molar-refractivity contribution in [1.29, 1.82) is 0 Å². The first-order valence-corrected chi connectivity index (χ1v) is 13.7. The number of anilines is 1. The van der Waals surface area contributed by atoms with E-state index in [-0.39, 0.29) is 23.3 Å². The molecule has 0 aliphatic carbocycles. The monoisotopic (exact) mass is 552 g/mol. The standard InChI is InChI=1S/C24H21N6O6PS/c25-13-8-4-5-9-16(13)38-24-27-17-20(30(24)22-18(31)19-15(35-22)11-34-37(33)36-19)28-23-26-14(10-29(23)21(17)32)12-6-2-1-3-7-12/h1-10,15,18-19,22,31,33H,11,25H2,(H,26,28)/t15?,18-,19+,22+,37+/m0/s1. The number of hydrogen-bond donors (Lipinski definition) is 4. The molecule has 3 aromatic heterocycles. The zero-order valence-electron chi connectivity index (χ0n) is 19.5. The second-order valence-electron chi connectivity index (χ2n) is 8.88. The van der Waals surface area contributed by atoms with E-state index in [9.17, 15) is 14.8 Å². The van der Waals surface area contributed by atoms with Crippen molar-refractivity contribution in [3.63, 3.8) is 0 Å². The molecule has 0 saturated carbocycles. The molecule has 5 aromatic rings. The second kappa shape index (κ2) is 9.17. The lowest BCUT2D eigenvalue weighted by molar-refractivity contribution is -0.0614. The summed E-state index contributed by atoms with van der Waals surface area (Å²) in [6.07, 6.45) is -1.95. The molecule has 5 atom stereocenters. The maximum atomic E-state index is 13.6. The van der Waals surface area contributed by atoms with Crippen molar-refractivity contribution in [2.75, 3.05) is 12.3 Å². The van der Waals surface area contributed by atoms with E-state index in [0.717, 1.165) is 5.56 Å². The van der Waals surface area contributed by atoms with E-state index in [4.69, 9.17) is 24.5 Å². The van der Waals surface area contributed by atoms with Crippen LogP contribution in [0, 0.1) is 0 Å². The fourth-order valence-electron chi connectivity index (χ4n) is 4.72. The number of imidazole rings is 2. The summed E-state index contributed by atoms with van der Waals surface area (Å²) in [6.45, 7) is 0.0541. The van der Waals surface area contributed by atoms with Gasteiger partial charge in [0.15, 0.2) is 22.5 Å². The second-order valence-corrected chi connectivity index (χ2v) is 10.8. The molecule has 7 rings (SSSR count). The quantitative estimate of drug-likeness (QED) is 0.193. The lowest BCUT2D eigenvalue weighted by Crippen LogP contribution is -2.38. The summed E-state index contributed by atoms with van der Waals surface area (Å²) in [5, 5.41) is 11.6. The Morgan fingerprint density at radius 3 is 2.74 bits per heavy atom. The van der Waals surface area contributed by atoms with Gasteiger partial charge in [0, 0.05) is 16.8 Å². The number of rotatable bonds is 4. The summed E-state index contributed by atoms with van der Waals surface area (Å²) in [5.41, 5.74) is 8.27. The number of nitrogens with one attached hydrogen (secondary N) is 1. The van der Waals surface area contributed by atoms with Crippen molar-refractivity contribution in [3.05, 3.63) is 71.1 Å². The average Bonchev–Trinajstić information content (AvgIpc) is 3.60. The number of aliphatic hydroxyl groups excluding tert-OH is 1. The molecular weight excluding hydrogens is 531 g/mol. The van der Waals surface area contributed by atoms with E-state index in [1.54, 1.807) is 16.8 Å². The molecule has 2 aliphatic rings.